The van der Waals surface area contributed by atoms with Gasteiger partial charge in [-0.1, -0.05) is 34.1 Å². The lowest BCUT2D eigenvalue weighted by molar-refractivity contribution is -0.143. The van der Waals surface area contributed by atoms with Crippen LogP contribution in [-0.2, 0) is 14.4 Å². The van der Waals surface area contributed by atoms with Crippen LogP contribution >= 0.6 is 0 Å². The molecule has 28 heavy (non-hydrogen) atoms. The summed E-state index contributed by atoms with van der Waals surface area (Å²) in [4.78, 5) is 40.3. The van der Waals surface area contributed by atoms with Crippen molar-refractivity contribution in [3.63, 3.8) is 0 Å². The van der Waals surface area contributed by atoms with Gasteiger partial charge in [0.05, 0.1) is 6.04 Å². The molecule has 162 valence electrons. The number of hydrogen-bond donors (Lipinski definition) is 6. The van der Waals surface area contributed by atoms with Crippen LogP contribution < -0.4 is 27.8 Å². The number of amides is 2. The molecule has 0 fully saturated rings. The first kappa shape index (κ1) is 25.6. The first-order valence-electron chi connectivity index (χ1n) is 9.64. The second-order valence-electron chi connectivity index (χ2n) is 7.46. The largest absolute Gasteiger partial charge is 0.480 e. The zero-order chi connectivity index (χ0) is 21.9. The van der Waals surface area contributed by atoms with Crippen molar-refractivity contribution in [1.29, 1.82) is 0 Å². The number of aliphatic imine (C=N–C) groups is 1. The van der Waals surface area contributed by atoms with Gasteiger partial charge in [-0.2, -0.15) is 0 Å². The quantitative estimate of drug-likeness (QED) is 0.137. The summed E-state index contributed by atoms with van der Waals surface area (Å²) in [5.41, 5.74) is 16.4. The van der Waals surface area contributed by atoms with Crippen molar-refractivity contribution in [3.8, 4) is 0 Å². The maximum Gasteiger partial charge on any atom is 0.326 e. The Hall–Kier alpha value is -2.36. The van der Waals surface area contributed by atoms with E-state index in [1.54, 1.807) is 0 Å². The molecule has 0 saturated carbocycles. The molecule has 0 spiro atoms. The maximum atomic E-state index is 12.7. The molecular formula is C18H36N6O4. The van der Waals surface area contributed by atoms with Gasteiger partial charge in [0.2, 0.25) is 11.8 Å². The topological polar surface area (TPSA) is 186 Å². The Kier molecular flexibility index (Phi) is 11.8. The summed E-state index contributed by atoms with van der Waals surface area (Å²) in [6.07, 6.45) is 1.79. The third-order valence-electron chi connectivity index (χ3n) is 4.42. The number of nitrogens with one attached hydrogen (secondary N) is 2. The van der Waals surface area contributed by atoms with E-state index in [-0.39, 0.29) is 17.8 Å². The fraction of sp³-hybridized carbons (Fsp3) is 0.778. The lowest BCUT2D eigenvalue weighted by Gasteiger charge is -2.27. The fourth-order valence-electron chi connectivity index (χ4n) is 2.57. The minimum atomic E-state index is -1.10. The number of carbonyl (C=O) groups excluding carboxylic acids is 2. The van der Waals surface area contributed by atoms with E-state index in [9.17, 15) is 19.5 Å². The highest BCUT2D eigenvalue weighted by Crippen LogP contribution is 2.11. The Morgan fingerprint density at radius 3 is 2.14 bits per heavy atom. The van der Waals surface area contributed by atoms with Crippen molar-refractivity contribution >= 4 is 23.7 Å². The van der Waals surface area contributed by atoms with Gasteiger partial charge in [-0.3, -0.25) is 14.6 Å². The Balaban J connectivity index is 4.96. The summed E-state index contributed by atoms with van der Waals surface area (Å²) in [7, 11) is 0. The highest BCUT2D eigenvalue weighted by molar-refractivity contribution is 5.91. The average Bonchev–Trinajstić information content (AvgIpc) is 2.60. The van der Waals surface area contributed by atoms with Crippen LogP contribution in [0.1, 0.15) is 53.4 Å². The van der Waals surface area contributed by atoms with Crippen molar-refractivity contribution in [2.45, 2.75) is 71.5 Å². The lowest BCUT2D eigenvalue weighted by Crippen LogP contribution is -2.56. The summed E-state index contributed by atoms with van der Waals surface area (Å²) in [5.74, 6) is -2.22. The molecule has 0 aromatic rings. The Bertz CT molecular complexity index is 548. The Morgan fingerprint density at radius 1 is 1.07 bits per heavy atom. The fourth-order valence-corrected chi connectivity index (χ4v) is 2.57. The highest BCUT2D eigenvalue weighted by Gasteiger charge is 2.31. The van der Waals surface area contributed by atoms with E-state index in [1.807, 2.05) is 27.7 Å². The van der Waals surface area contributed by atoms with Gasteiger partial charge in [-0.25, -0.2) is 4.79 Å². The second kappa shape index (κ2) is 12.9. The lowest BCUT2D eigenvalue weighted by atomic mass is 9.96. The molecule has 0 rings (SSSR count). The summed E-state index contributed by atoms with van der Waals surface area (Å²) in [6, 6.07) is -2.70. The van der Waals surface area contributed by atoms with Crippen LogP contribution in [0.5, 0.6) is 0 Å². The summed E-state index contributed by atoms with van der Waals surface area (Å²) in [6.45, 7) is 7.80. The number of hydrogen-bond acceptors (Lipinski definition) is 5. The molecule has 0 heterocycles. The Labute approximate surface area is 166 Å². The van der Waals surface area contributed by atoms with Crippen LogP contribution in [0.4, 0.5) is 0 Å². The maximum absolute atomic E-state index is 12.7. The summed E-state index contributed by atoms with van der Waals surface area (Å²) < 4.78 is 0. The van der Waals surface area contributed by atoms with E-state index in [0.717, 1.165) is 0 Å². The minimum Gasteiger partial charge on any atom is -0.480 e. The zero-order valence-electron chi connectivity index (χ0n) is 17.3. The van der Waals surface area contributed by atoms with E-state index in [1.165, 1.54) is 0 Å². The van der Waals surface area contributed by atoms with Gasteiger partial charge >= 0.3 is 5.97 Å². The standard InChI is InChI=1S/C18H36N6O4/c1-5-11(4)14(16(26)23-13(17(27)28)9-10(2)3)24-15(25)12(19)7-6-8-22-18(20)21/h10-14H,5-9,19H2,1-4H3,(H,23,26)(H,24,25)(H,27,28)(H4,20,21,22). The third kappa shape index (κ3) is 10.1. The van der Waals surface area contributed by atoms with Gasteiger partial charge in [0, 0.05) is 6.54 Å². The van der Waals surface area contributed by atoms with Crippen LogP contribution in [0.15, 0.2) is 4.99 Å². The number of carboxylic acids is 1. The van der Waals surface area contributed by atoms with Gasteiger partial charge in [0.15, 0.2) is 5.96 Å². The Morgan fingerprint density at radius 2 is 1.68 bits per heavy atom. The van der Waals surface area contributed by atoms with E-state index >= 15 is 0 Å². The molecule has 0 aliphatic carbocycles. The van der Waals surface area contributed by atoms with Crippen molar-refractivity contribution in [3.05, 3.63) is 0 Å². The van der Waals surface area contributed by atoms with Gasteiger partial charge in [0.25, 0.3) is 0 Å². The van der Waals surface area contributed by atoms with Crippen LogP contribution in [-0.4, -0.2) is 53.5 Å². The van der Waals surface area contributed by atoms with Gasteiger partial charge in [0.1, 0.15) is 12.1 Å². The van der Waals surface area contributed by atoms with Crippen molar-refractivity contribution in [1.82, 2.24) is 10.6 Å². The smallest absolute Gasteiger partial charge is 0.326 e. The molecule has 0 aromatic carbocycles. The molecule has 0 aliphatic heterocycles. The predicted octanol–water partition coefficient (Wildman–Crippen LogP) is -0.486. The molecule has 9 N–H and O–H groups in total. The van der Waals surface area contributed by atoms with Gasteiger partial charge in [-0.05, 0) is 31.1 Å². The number of aliphatic carboxylic acids is 1. The van der Waals surface area contributed by atoms with Crippen LogP contribution in [0, 0.1) is 11.8 Å². The molecule has 0 radical (unpaired) electrons. The highest BCUT2D eigenvalue weighted by atomic mass is 16.4. The third-order valence-corrected chi connectivity index (χ3v) is 4.42. The normalized spacial score (nSPS) is 15.2. The number of rotatable bonds is 13. The molecule has 0 bridgehead atoms. The molecule has 4 unspecified atom stereocenters. The SMILES string of the molecule is CCC(C)C(NC(=O)C(N)CCCN=C(N)N)C(=O)NC(CC(C)C)C(=O)O. The van der Waals surface area contributed by atoms with Crippen molar-refractivity contribution < 1.29 is 19.5 Å². The number of carbonyl (C=O) groups is 3. The van der Waals surface area contributed by atoms with E-state index in [0.29, 0.717) is 32.2 Å². The van der Waals surface area contributed by atoms with E-state index in [2.05, 4.69) is 15.6 Å². The summed E-state index contributed by atoms with van der Waals surface area (Å²) >= 11 is 0. The predicted molar refractivity (Wildman–Crippen MR) is 108 cm³/mol. The first-order valence-corrected chi connectivity index (χ1v) is 9.64. The molecule has 10 heteroatoms. The molecule has 4 atom stereocenters. The van der Waals surface area contributed by atoms with Crippen LogP contribution in [0.2, 0.25) is 0 Å². The molecule has 0 aliphatic rings. The molecular weight excluding hydrogens is 364 g/mol. The molecule has 0 saturated heterocycles. The molecule has 2 amide bonds. The number of nitrogens with zero attached hydrogens (tertiary/aromatic N) is 1. The van der Waals surface area contributed by atoms with E-state index in [4.69, 9.17) is 17.2 Å². The van der Waals surface area contributed by atoms with Gasteiger partial charge in [-0.15, -0.1) is 0 Å². The van der Waals surface area contributed by atoms with Crippen LogP contribution in [0.3, 0.4) is 0 Å². The van der Waals surface area contributed by atoms with Crippen molar-refractivity contribution in [2.75, 3.05) is 6.54 Å². The summed E-state index contributed by atoms with van der Waals surface area (Å²) in [5, 5.41) is 14.5. The number of nitrogens with two attached hydrogens (primary N) is 3. The molecule has 0 aromatic heterocycles. The number of guanidine groups is 1. The molecule has 10 nitrogen and oxygen atoms in total. The number of carboxylic acid groups (broad SMARTS) is 1. The van der Waals surface area contributed by atoms with Crippen molar-refractivity contribution in [2.24, 2.45) is 34.0 Å². The monoisotopic (exact) mass is 400 g/mol. The van der Waals surface area contributed by atoms with E-state index < -0.39 is 35.9 Å². The first-order chi connectivity index (χ1) is 13.0. The van der Waals surface area contributed by atoms with Gasteiger partial charge < -0.3 is 32.9 Å². The average molecular weight is 401 g/mol. The van der Waals surface area contributed by atoms with Crippen LogP contribution in [0.25, 0.3) is 0 Å². The zero-order valence-corrected chi connectivity index (χ0v) is 17.3. The second-order valence-corrected chi connectivity index (χ2v) is 7.46. The minimum absolute atomic E-state index is 0.0269.